The summed E-state index contributed by atoms with van der Waals surface area (Å²) in [6, 6.07) is 14.1. The maximum atomic E-state index is 13.5. The van der Waals surface area contributed by atoms with Crippen molar-refractivity contribution in [3.05, 3.63) is 71.3 Å². The van der Waals surface area contributed by atoms with Crippen LogP contribution in [0.25, 0.3) is 0 Å². The molecule has 5 rings (SSSR count). The highest BCUT2D eigenvalue weighted by Gasteiger charge is 2.36. The van der Waals surface area contributed by atoms with Crippen molar-refractivity contribution in [1.29, 1.82) is 0 Å². The Labute approximate surface area is 152 Å². The van der Waals surface area contributed by atoms with Crippen molar-refractivity contribution in [2.75, 3.05) is 19.6 Å². The molecular weight excluding hydrogens is 334 g/mol. The Bertz CT molecular complexity index is 796. The molecule has 5 heteroatoms. The molecule has 0 saturated carbocycles. The van der Waals surface area contributed by atoms with Gasteiger partial charge in [0.15, 0.2) is 11.6 Å². The third kappa shape index (κ3) is 3.49. The molecule has 3 aliphatic heterocycles. The lowest BCUT2D eigenvalue weighted by atomic mass is 9.94. The van der Waals surface area contributed by atoms with Crippen LogP contribution in [-0.4, -0.2) is 41.4 Å². The van der Waals surface area contributed by atoms with Crippen LogP contribution in [0, 0.1) is 17.6 Å². The molecule has 2 bridgehead atoms. The third-order valence-corrected chi connectivity index (χ3v) is 5.51. The first-order valence-corrected chi connectivity index (χ1v) is 9.12. The summed E-state index contributed by atoms with van der Waals surface area (Å²) in [5, 5.41) is 0. The quantitative estimate of drug-likeness (QED) is 0.837. The molecule has 0 N–H and O–H groups in total. The van der Waals surface area contributed by atoms with Crippen LogP contribution in [0.2, 0.25) is 0 Å². The molecule has 3 heterocycles. The van der Waals surface area contributed by atoms with Crippen LogP contribution in [0.3, 0.4) is 0 Å². The number of rotatable bonds is 3. The van der Waals surface area contributed by atoms with Crippen molar-refractivity contribution in [3.8, 4) is 0 Å². The largest absolute Gasteiger partial charge is 0.337 e. The molecule has 3 aliphatic rings. The molecule has 1 amide bonds. The molecule has 0 aromatic heterocycles. The Kier molecular flexibility index (Phi) is 4.72. The lowest BCUT2D eigenvalue weighted by Crippen LogP contribution is -2.43. The summed E-state index contributed by atoms with van der Waals surface area (Å²) in [6.45, 7) is 3.18. The summed E-state index contributed by atoms with van der Waals surface area (Å²) >= 11 is 0. The summed E-state index contributed by atoms with van der Waals surface area (Å²) in [5.74, 6) is -1.68. The lowest BCUT2D eigenvalue weighted by Gasteiger charge is -2.36. The first-order chi connectivity index (χ1) is 12.6. The van der Waals surface area contributed by atoms with Crippen LogP contribution in [0.4, 0.5) is 8.78 Å². The normalized spacial score (nSPS) is 23.1. The number of piperidine rings is 1. The summed E-state index contributed by atoms with van der Waals surface area (Å²) in [6.07, 6.45) is 2.18. The topological polar surface area (TPSA) is 23.6 Å². The SMILES string of the molecule is O=C(c1ccc(F)c(F)c1)N1C[C@H]2CC[C@@H](C1)N(Cc1ccccc1)C2. The van der Waals surface area contributed by atoms with Gasteiger partial charge in [-0.15, -0.1) is 0 Å². The number of carbonyl (C=O) groups excluding carboxylic acids is 1. The van der Waals surface area contributed by atoms with Gasteiger partial charge in [-0.1, -0.05) is 30.3 Å². The van der Waals surface area contributed by atoms with Crippen LogP contribution >= 0.6 is 0 Å². The van der Waals surface area contributed by atoms with Gasteiger partial charge in [0.05, 0.1) is 0 Å². The number of amides is 1. The Hall–Kier alpha value is -2.27. The van der Waals surface area contributed by atoms with Crippen molar-refractivity contribution in [3.63, 3.8) is 0 Å². The molecule has 0 radical (unpaired) electrons. The van der Waals surface area contributed by atoms with Gasteiger partial charge in [-0.05, 0) is 42.5 Å². The standard InChI is InChI=1S/C21H22F2N2O/c22-19-9-7-17(10-20(19)23)21(26)25-13-16-6-8-18(14-25)24(12-16)11-15-4-2-1-3-5-15/h1-5,7,9-10,16,18H,6,8,11-14H2/t16-,18-/m0/s1. The Morgan fingerprint density at radius 3 is 2.54 bits per heavy atom. The zero-order valence-electron chi connectivity index (χ0n) is 14.6. The molecular formula is C21H22F2N2O. The molecule has 2 aromatic rings. The van der Waals surface area contributed by atoms with Crippen LogP contribution in [0.1, 0.15) is 28.8 Å². The van der Waals surface area contributed by atoms with Gasteiger partial charge >= 0.3 is 0 Å². The molecule has 0 unspecified atom stereocenters. The second-order valence-electron chi connectivity index (χ2n) is 7.35. The first kappa shape index (κ1) is 17.2. The summed E-state index contributed by atoms with van der Waals surface area (Å²) in [4.78, 5) is 17.1. The summed E-state index contributed by atoms with van der Waals surface area (Å²) < 4.78 is 26.7. The summed E-state index contributed by atoms with van der Waals surface area (Å²) in [5.41, 5.74) is 1.50. The van der Waals surface area contributed by atoms with Gasteiger partial charge in [0.25, 0.3) is 5.91 Å². The van der Waals surface area contributed by atoms with E-state index in [9.17, 15) is 13.6 Å². The average Bonchev–Trinajstić information content (AvgIpc) is 2.96. The van der Waals surface area contributed by atoms with Gasteiger partial charge in [-0.3, -0.25) is 9.69 Å². The van der Waals surface area contributed by atoms with E-state index >= 15 is 0 Å². The van der Waals surface area contributed by atoms with Crippen molar-refractivity contribution < 1.29 is 13.6 Å². The smallest absolute Gasteiger partial charge is 0.254 e. The Morgan fingerprint density at radius 2 is 1.77 bits per heavy atom. The van der Waals surface area contributed by atoms with Crippen LogP contribution in [0.15, 0.2) is 48.5 Å². The highest BCUT2D eigenvalue weighted by molar-refractivity contribution is 5.94. The van der Waals surface area contributed by atoms with E-state index in [1.54, 1.807) is 0 Å². The van der Waals surface area contributed by atoms with Crippen LogP contribution in [-0.2, 0) is 6.54 Å². The molecule has 3 fully saturated rings. The van der Waals surface area contributed by atoms with Gasteiger partial charge in [0.2, 0.25) is 0 Å². The minimum Gasteiger partial charge on any atom is -0.337 e. The minimum absolute atomic E-state index is 0.206. The summed E-state index contributed by atoms with van der Waals surface area (Å²) in [7, 11) is 0. The molecule has 0 spiro atoms. The third-order valence-electron chi connectivity index (χ3n) is 5.51. The fourth-order valence-corrected chi connectivity index (χ4v) is 4.17. The van der Waals surface area contributed by atoms with Crippen molar-refractivity contribution in [2.45, 2.75) is 25.4 Å². The minimum atomic E-state index is -0.973. The molecule has 3 nitrogen and oxygen atoms in total. The van der Waals surface area contributed by atoms with Gasteiger partial charge in [-0.2, -0.15) is 0 Å². The maximum absolute atomic E-state index is 13.5. The fourth-order valence-electron chi connectivity index (χ4n) is 4.17. The zero-order chi connectivity index (χ0) is 18.1. The average molecular weight is 356 g/mol. The van der Waals surface area contributed by atoms with Gasteiger partial charge < -0.3 is 4.90 Å². The van der Waals surface area contributed by atoms with Crippen LogP contribution < -0.4 is 0 Å². The zero-order valence-corrected chi connectivity index (χ0v) is 14.6. The van der Waals surface area contributed by atoms with E-state index < -0.39 is 11.6 Å². The fraction of sp³-hybridized carbons (Fsp3) is 0.381. The molecule has 2 aromatic carbocycles. The van der Waals surface area contributed by atoms with E-state index in [1.165, 1.54) is 11.6 Å². The lowest BCUT2D eigenvalue weighted by molar-refractivity contribution is 0.0735. The highest BCUT2D eigenvalue weighted by Crippen LogP contribution is 2.30. The number of hydrogen-bond donors (Lipinski definition) is 0. The van der Waals surface area contributed by atoms with Crippen LogP contribution in [0.5, 0.6) is 0 Å². The van der Waals surface area contributed by atoms with E-state index in [2.05, 4.69) is 17.0 Å². The molecule has 26 heavy (non-hydrogen) atoms. The van der Waals surface area contributed by atoms with Gasteiger partial charge in [0, 0.05) is 37.8 Å². The van der Waals surface area contributed by atoms with Gasteiger partial charge in [0.1, 0.15) is 0 Å². The number of benzene rings is 2. The van der Waals surface area contributed by atoms with Crippen molar-refractivity contribution >= 4 is 5.91 Å². The van der Waals surface area contributed by atoms with E-state index in [0.717, 1.165) is 38.1 Å². The number of carbonyl (C=O) groups is 1. The number of fused-ring (bicyclic) bond motifs is 4. The second kappa shape index (κ2) is 7.16. The van der Waals surface area contributed by atoms with Gasteiger partial charge in [-0.25, -0.2) is 8.78 Å². The van der Waals surface area contributed by atoms with E-state index in [1.807, 2.05) is 23.1 Å². The predicted molar refractivity (Wildman–Crippen MR) is 95.6 cm³/mol. The second-order valence-corrected chi connectivity index (χ2v) is 7.35. The number of halogens is 2. The van der Waals surface area contributed by atoms with E-state index in [0.29, 0.717) is 25.0 Å². The van der Waals surface area contributed by atoms with Crippen molar-refractivity contribution in [2.24, 2.45) is 5.92 Å². The Balaban J connectivity index is 1.50. The predicted octanol–water partition coefficient (Wildman–Crippen LogP) is 3.70. The van der Waals surface area contributed by atoms with E-state index in [4.69, 9.17) is 0 Å². The highest BCUT2D eigenvalue weighted by atomic mass is 19.2. The number of hydrogen-bond acceptors (Lipinski definition) is 2. The number of nitrogens with zero attached hydrogens (tertiary/aromatic N) is 2. The molecule has 0 aliphatic carbocycles. The molecule has 3 saturated heterocycles. The monoisotopic (exact) mass is 356 g/mol. The Morgan fingerprint density at radius 1 is 0.962 bits per heavy atom. The van der Waals surface area contributed by atoms with E-state index in [-0.39, 0.29) is 11.5 Å². The molecule has 136 valence electrons. The maximum Gasteiger partial charge on any atom is 0.254 e. The molecule has 2 atom stereocenters. The first-order valence-electron chi connectivity index (χ1n) is 9.12. The van der Waals surface area contributed by atoms with Crippen molar-refractivity contribution in [1.82, 2.24) is 9.80 Å².